The van der Waals surface area contributed by atoms with Gasteiger partial charge < -0.3 is 9.84 Å². The summed E-state index contributed by atoms with van der Waals surface area (Å²) in [6.45, 7) is 6.56. The van der Waals surface area contributed by atoms with Crippen molar-refractivity contribution >= 4 is 0 Å². The summed E-state index contributed by atoms with van der Waals surface area (Å²) in [7, 11) is 0. The maximum absolute atomic E-state index is 10.6. The largest absolute Gasteiger partial charge is 0.491 e. The Kier molecular flexibility index (Phi) is 7.24. The third kappa shape index (κ3) is 5.95. The highest BCUT2D eigenvalue weighted by atomic mass is 16.5. The third-order valence-corrected chi connectivity index (χ3v) is 4.90. The predicted octanol–water partition coefficient (Wildman–Crippen LogP) is 4.75. The van der Waals surface area contributed by atoms with E-state index in [0.29, 0.717) is 6.54 Å². The first-order valence-corrected chi connectivity index (χ1v) is 9.79. The quantitative estimate of drug-likeness (QED) is 0.586. The molecule has 1 atom stereocenters. The highest BCUT2D eigenvalue weighted by Gasteiger charge is 2.15. The van der Waals surface area contributed by atoms with Crippen molar-refractivity contribution in [3.05, 3.63) is 101 Å². The minimum absolute atomic E-state index is 0.282. The van der Waals surface area contributed by atoms with E-state index in [-0.39, 0.29) is 6.61 Å². The summed E-state index contributed by atoms with van der Waals surface area (Å²) in [5, 5.41) is 10.6. The second kappa shape index (κ2) is 10.1. The van der Waals surface area contributed by atoms with Crippen molar-refractivity contribution in [2.75, 3.05) is 13.2 Å². The van der Waals surface area contributed by atoms with Crippen LogP contribution in [-0.2, 0) is 13.1 Å². The van der Waals surface area contributed by atoms with Crippen LogP contribution in [0.2, 0.25) is 0 Å². The van der Waals surface area contributed by atoms with Crippen molar-refractivity contribution in [1.82, 2.24) is 4.90 Å². The molecule has 146 valence electrons. The molecule has 3 nitrogen and oxygen atoms in total. The van der Waals surface area contributed by atoms with Gasteiger partial charge in [-0.15, -0.1) is 0 Å². The molecule has 0 bridgehead atoms. The van der Waals surface area contributed by atoms with Gasteiger partial charge in [0.05, 0.1) is 0 Å². The molecule has 1 unspecified atom stereocenters. The lowest BCUT2D eigenvalue weighted by atomic mass is 10.1. The summed E-state index contributed by atoms with van der Waals surface area (Å²) in [6.07, 6.45) is -0.563. The molecule has 28 heavy (non-hydrogen) atoms. The molecule has 0 aliphatic carbocycles. The van der Waals surface area contributed by atoms with Crippen LogP contribution in [0.3, 0.4) is 0 Å². The fraction of sp³-hybridized carbons (Fsp3) is 0.280. The highest BCUT2D eigenvalue weighted by Crippen LogP contribution is 2.17. The van der Waals surface area contributed by atoms with Crippen molar-refractivity contribution < 1.29 is 9.84 Å². The summed E-state index contributed by atoms with van der Waals surface area (Å²) in [5.41, 5.74) is 4.87. The first-order chi connectivity index (χ1) is 13.6. The molecular formula is C25H29NO2. The Morgan fingerprint density at radius 1 is 0.786 bits per heavy atom. The summed E-state index contributed by atoms with van der Waals surface area (Å²) in [5.74, 6) is 0.829. The fourth-order valence-electron chi connectivity index (χ4n) is 3.31. The summed E-state index contributed by atoms with van der Waals surface area (Å²) in [4.78, 5) is 2.28. The van der Waals surface area contributed by atoms with Crippen molar-refractivity contribution in [3.63, 3.8) is 0 Å². The van der Waals surface area contributed by atoms with E-state index >= 15 is 0 Å². The van der Waals surface area contributed by atoms with Gasteiger partial charge in [-0.1, -0.05) is 72.8 Å². The molecule has 0 amide bonds. The van der Waals surface area contributed by atoms with Gasteiger partial charge in [0.15, 0.2) is 0 Å². The van der Waals surface area contributed by atoms with Crippen LogP contribution in [0.25, 0.3) is 0 Å². The van der Waals surface area contributed by atoms with E-state index in [1.54, 1.807) is 0 Å². The van der Waals surface area contributed by atoms with Crippen LogP contribution in [0.1, 0.15) is 22.3 Å². The molecule has 0 spiro atoms. The Labute approximate surface area is 168 Å². The first-order valence-electron chi connectivity index (χ1n) is 9.79. The molecular weight excluding hydrogens is 346 g/mol. The average molecular weight is 376 g/mol. The average Bonchev–Trinajstić information content (AvgIpc) is 2.70. The number of para-hydroxylation sites is 1. The molecule has 0 aromatic heterocycles. The summed E-state index contributed by atoms with van der Waals surface area (Å²) in [6, 6.07) is 26.7. The van der Waals surface area contributed by atoms with Crippen LogP contribution in [-0.4, -0.2) is 29.3 Å². The van der Waals surface area contributed by atoms with Gasteiger partial charge in [-0.2, -0.15) is 0 Å². The normalized spacial score (nSPS) is 12.1. The molecule has 0 fully saturated rings. The Balaban J connectivity index is 1.65. The van der Waals surface area contributed by atoms with Gasteiger partial charge in [0.2, 0.25) is 0 Å². The second-order valence-corrected chi connectivity index (χ2v) is 7.31. The number of nitrogens with zero attached hydrogens (tertiary/aromatic N) is 1. The molecule has 3 aromatic rings. The van der Waals surface area contributed by atoms with E-state index in [2.05, 4.69) is 60.4 Å². The van der Waals surface area contributed by atoms with Crippen LogP contribution < -0.4 is 4.74 Å². The molecule has 1 N–H and O–H groups in total. The van der Waals surface area contributed by atoms with Crippen molar-refractivity contribution in [1.29, 1.82) is 0 Å². The number of aliphatic hydroxyl groups is 1. The summed E-state index contributed by atoms with van der Waals surface area (Å²) >= 11 is 0. The Bertz CT molecular complexity index is 863. The zero-order chi connectivity index (χ0) is 19.8. The Hall–Kier alpha value is -2.62. The van der Waals surface area contributed by atoms with Crippen LogP contribution in [0, 0.1) is 13.8 Å². The number of aryl methyl sites for hydroxylation is 2. The van der Waals surface area contributed by atoms with E-state index in [1.807, 2.05) is 37.3 Å². The first kappa shape index (κ1) is 20.1. The lowest BCUT2D eigenvalue weighted by molar-refractivity contribution is 0.0625. The standard InChI is InChI=1S/C25H29NO2/c1-20-10-6-8-14-23(20)17-26(16-22-12-4-3-5-13-22)18-24(27)19-28-25-15-9-7-11-21(25)2/h3-15,24,27H,16-19H2,1-2H3. The maximum atomic E-state index is 10.6. The van der Waals surface area contributed by atoms with Gasteiger partial charge in [0.1, 0.15) is 18.5 Å². The van der Waals surface area contributed by atoms with Crippen LogP contribution in [0.4, 0.5) is 0 Å². The Morgan fingerprint density at radius 3 is 2.14 bits per heavy atom. The molecule has 0 saturated carbocycles. The SMILES string of the molecule is Cc1ccccc1CN(Cc1ccccc1)CC(O)COc1ccccc1C. The lowest BCUT2D eigenvalue weighted by Crippen LogP contribution is -2.35. The van der Waals surface area contributed by atoms with E-state index in [9.17, 15) is 5.11 Å². The zero-order valence-electron chi connectivity index (χ0n) is 16.7. The van der Waals surface area contributed by atoms with Crippen molar-refractivity contribution in [3.8, 4) is 5.75 Å². The van der Waals surface area contributed by atoms with Gasteiger partial charge in [-0.3, -0.25) is 4.90 Å². The second-order valence-electron chi connectivity index (χ2n) is 7.31. The molecule has 0 heterocycles. The molecule has 0 saturated heterocycles. The monoisotopic (exact) mass is 375 g/mol. The molecule has 3 heteroatoms. The number of rotatable bonds is 9. The van der Waals surface area contributed by atoms with Crippen molar-refractivity contribution in [2.45, 2.75) is 33.0 Å². The van der Waals surface area contributed by atoms with Gasteiger partial charge in [-0.05, 0) is 42.2 Å². The van der Waals surface area contributed by atoms with Gasteiger partial charge >= 0.3 is 0 Å². The molecule has 0 aliphatic heterocycles. The number of aliphatic hydroxyl groups excluding tert-OH is 1. The zero-order valence-corrected chi connectivity index (χ0v) is 16.7. The minimum Gasteiger partial charge on any atom is -0.491 e. The summed E-state index contributed by atoms with van der Waals surface area (Å²) < 4.78 is 5.85. The number of ether oxygens (including phenoxy) is 1. The lowest BCUT2D eigenvalue weighted by Gasteiger charge is -2.26. The third-order valence-electron chi connectivity index (χ3n) is 4.90. The number of hydrogen-bond acceptors (Lipinski definition) is 3. The van der Waals surface area contributed by atoms with Crippen LogP contribution in [0.5, 0.6) is 5.75 Å². The Morgan fingerprint density at radius 2 is 1.43 bits per heavy atom. The topological polar surface area (TPSA) is 32.7 Å². The molecule has 3 rings (SSSR count). The van der Waals surface area contributed by atoms with E-state index in [1.165, 1.54) is 16.7 Å². The van der Waals surface area contributed by atoms with E-state index < -0.39 is 6.10 Å². The molecule has 0 aliphatic rings. The number of benzene rings is 3. The predicted molar refractivity (Wildman–Crippen MR) is 114 cm³/mol. The van der Waals surface area contributed by atoms with Crippen LogP contribution >= 0.6 is 0 Å². The van der Waals surface area contributed by atoms with Crippen molar-refractivity contribution in [2.24, 2.45) is 0 Å². The molecule has 0 radical (unpaired) electrons. The number of hydrogen-bond donors (Lipinski definition) is 1. The maximum Gasteiger partial charge on any atom is 0.122 e. The van der Waals surface area contributed by atoms with Gasteiger partial charge in [0.25, 0.3) is 0 Å². The van der Waals surface area contributed by atoms with Gasteiger partial charge in [-0.25, -0.2) is 0 Å². The van der Waals surface area contributed by atoms with Gasteiger partial charge in [0, 0.05) is 19.6 Å². The smallest absolute Gasteiger partial charge is 0.122 e. The minimum atomic E-state index is -0.563. The van der Waals surface area contributed by atoms with E-state index in [4.69, 9.17) is 4.74 Å². The highest BCUT2D eigenvalue weighted by molar-refractivity contribution is 5.31. The van der Waals surface area contributed by atoms with E-state index in [0.717, 1.165) is 24.4 Å². The molecule has 3 aromatic carbocycles. The fourth-order valence-corrected chi connectivity index (χ4v) is 3.31. The van der Waals surface area contributed by atoms with Crippen LogP contribution in [0.15, 0.2) is 78.9 Å².